The van der Waals surface area contributed by atoms with Gasteiger partial charge in [0.2, 0.25) is 0 Å². The van der Waals surface area contributed by atoms with Gasteiger partial charge in [-0.05, 0) is 24.6 Å². The predicted molar refractivity (Wildman–Crippen MR) is 48.7 cm³/mol. The van der Waals surface area contributed by atoms with E-state index in [1.165, 1.54) is 18.2 Å². The lowest BCUT2D eigenvalue weighted by Gasteiger charge is -2.07. The quantitative estimate of drug-likeness (QED) is 0.708. The molecule has 0 spiro atoms. The smallest absolute Gasteiger partial charge is 0.119 e. The van der Waals surface area contributed by atoms with Crippen LogP contribution < -0.4 is 0 Å². The first-order valence-corrected chi connectivity index (χ1v) is 4.28. The molecule has 0 saturated heterocycles. The first kappa shape index (κ1) is 9.84. The van der Waals surface area contributed by atoms with Crippen LogP contribution in [0.15, 0.2) is 18.2 Å². The number of benzene rings is 1. The SMILES string of the molecule is CCC(F)Cc1cc(O)ccc1O. The van der Waals surface area contributed by atoms with Crippen LogP contribution in [-0.4, -0.2) is 16.4 Å². The molecule has 0 saturated carbocycles. The third kappa shape index (κ3) is 2.61. The molecule has 0 fully saturated rings. The van der Waals surface area contributed by atoms with Crippen molar-refractivity contribution in [2.75, 3.05) is 0 Å². The number of halogens is 1. The molecule has 0 heterocycles. The zero-order chi connectivity index (χ0) is 9.84. The van der Waals surface area contributed by atoms with E-state index in [-0.39, 0.29) is 17.9 Å². The van der Waals surface area contributed by atoms with Crippen LogP contribution in [0.5, 0.6) is 11.5 Å². The van der Waals surface area contributed by atoms with Crippen LogP contribution in [0.1, 0.15) is 18.9 Å². The summed E-state index contributed by atoms with van der Waals surface area (Å²) < 4.78 is 12.9. The Morgan fingerprint density at radius 3 is 2.69 bits per heavy atom. The van der Waals surface area contributed by atoms with E-state index < -0.39 is 6.17 Å². The molecular weight excluding hydrogens is 171 g/mol. The van der Waals surface area contributed by atoms with E-state index in [4.69, 9.17) is 5.11 Å². The number of rotatable bonds is 3. The van der Waals surface area contributed by atoms with Gasteiger partial charge in [0.25, 0.3) is 0 Å². The van der Waals surface area contributed by atoms with Gasteiger partial charge in [-0.15, -0.1) is 0 Å². The highest BCUT2D eigenvalue weighted by Gasteiger charge is 2.09. The van der Waals surface area contributed by atoms with Gasteiger partial charge in [-0.1, -0.05) is 6.92 Å². The highest BCUT2D eigenvalue weighted by molar-refractivity contribution is 5.38. The van der Waals surface area contributed by atoms with Gasteiger partial charge < -0.3 is 10.2 Å². The summed E-state index contributed by atoms with van der Waals surface area (Å²) >= 11 is 0. The fourth-order valence-electron chi connectivity index (χ4n) is 1.12. The summed E-state index contributed by atoms with van der Waals surface area (Å²) in [4.78, 5) is 0. The average molecular weight is 184 g/mol. The number of aromatic hydroxyl groups is 2. The number of hydrogen-bond acceptors (Lipinski definition) is 2. The summed E-state index contributed by atoms with van der Waals surface area (Å²) in [5, 5.41) is 18.4. The summed E-state index contributed by atoms with van der Waals surface area (Å²) in [6.07, 6.45) is -0.404. The van der Waals surface area contributed by atoms with Crippen molar-refractivity contribution in [1.82, 2.24) is 0 Å². The Balaban J connectivity index is 2.81. The van der Waals surface area contributed by atoms with Gasteiger partial charge in [-0.25, -0.2) is 4.39 Å². The molecule has 0 aliphatic rings. The van der Waals surface area contributed by atoms with Crippen LogP contribution >= 0.6 is 0 Å². The van der Waals surface area contributed by atoms with Crippen LogP contribution in [0, 0.1) is 0 Å². The van der Waals surface area contributed by atoms with Gasteiger partial charge in [0, 0.05) is 12.0 Å². The molecule has 1 aromatic rings. The van der Waals surface area contributed by atoms with E-state index in [1.807, 2.05) is 0 Å². The van der Waals surface area contributed by atoms with Crippen molar-refractivity contribution in [3.63, 3.8) is 0 Å². The molecule has 0 aliphatic heterocycles. The monoisotopic (exact) mass is 184 g/mol. The number of phenols is 2. The normalized spacial score (nSPS) is 12.8. The highest BCUT2D eigenvalue weighted by atomic mass is 19.1. The van der Waals surface area contributed by atoms with Crippen molar-refractivity contribution in [2.24, 2.45) is 0 Å². The van der Waals surface area contributed by atoms with Gasteiger partial charge in [-0.3, -0.25) is 0 Å². The van der Waals surface area contributed by atoms with E-state index in [0.29, 0.717) is 12.0 Å². The van der Waals surface area contributed by atoms with E-state index in [2.05, 4.69) is 0 Å². The molecule has 2 N–H and O–H groups in total. The number of hydrogen-bond donors (Lipinski definition) is 2. The molecule has 1 atom stereocenters. The minimum atomic E-state index is -0.965. The second kappa shape index (κ2) is 4.12. The van der Waals surface area contributed by atoms with Crippen LogP contribution in [0.2, 0.25) is 0 Å². The molecule has 0 aliphatic carbocycles. The first-order chi connectivity index (χ1) is 6.13. The van der Waals surface area contributed by atoms with Gasteiger partial charge in [0.15, 0.2) is 0 Å². The van der Waals surface area contributed by atoms with Crippen molar-refractivity contribution >= 4 is 0 Å². The van der Waals surface area contributed by atoms with Gasteiger partial charge in [0.1, 0.15) is 17.7 Å². The first-order valence-electron chi connectivity index (χ1n) is 4.28. The largest absolute Gasteiger partial charge is 0.508 e. The molecule has 1 aromatic carbocycles. The predicted octanol–water partition coefficient (Wildman–Crippen LogP) is 2.39. The minimum absolute atomic E-state index is 0.0360. The Bertz CT molecular complexity index is 286. The zero-order valence-corrected chi connectivity index (χ0v) is 7.50. The third-order valence-electron chi connectivity index (χ3n) is 1.95. The fourth-order valence-corrected chi connectivity index (χ4v) is 1.12. The number of phenolic OH excluding ortho intramolecular Hbond substituents is 2. The van der Waals surface area contributed by atoms with Crippen molar-refractivity contribution < 1.29 is 14.6 Å². The van der Waals surface area contributed by atoms with E-state index in [1.54, 1.807) is 6.92 Å². The topological polar surface area (TPSA) is 40.5 Å². The lowest BCUT2D eigenvalue weighted by atomic mass is 10.1. The van der Waals surface area contributed by atoms with Crippen LogP contribution in [0.4, 0.5) is 4.39 Å². The van der Waals surface area contributed by atoms with E-state index >= 15 is 0 Å². The van der Waals surface area contributed by atoms with Crippen molar-refractivity contribution in [3.05, 3.63) is 23.8 Å². The maximum Gasteiger partial charge on any atom is 0.119 e. The molecule has 0 aromatic heterocycles. The van der Waals surface area contributed by atoms with E-state index in [0.717, 1.165) is 0 Å². The summed E-state index contributed by atoms with van der Waals surface area (Å²) in [6.45, 7) is 1.74. The molecule has 1 rings (SSSR count). The lowest BCUT2D eigenvalue weighted by molar-refractivity contribution is 0.318. The Labute approximate surface area is 76.6 Å². The molecule has 1 unspecified atom stereocenters. The Hall–Kier alpha value is -1.25. The minimum Gasteiger partial charge on any atom is -0.508 e. The highest BCUT2D eigenvalue weighted by Crippen LogP contribution is 2.24. The Morgan fingerprint density at radius 1 is 1.38 bits per heavy atom. The molecule has 13 heavy (non-hydrogen) atoms. The molecule has 72 valence electrons. The summed E-state index contributed by atoms with van der Waals surface area (Å²) in [5.74, 6) is 0.0880. The van der Waals surface area contributed by atoms with Crippen LogP contribution in [0.3, 0.4) is 0 Å². The second-order valence-electron chi connectivity index (χ2n) is 3.02. The van der Waals surface area contributed by atoms with Gasteiger partial charge >= 0.3 is 0 Å². The second-order valence-corrected chi connectivity index (χ2v) is 3.02. The van der Waals surface area contributed by atoms with Crippen molar-refractivity contribution in [2.45, 2.75) is 25.9 Å². The maximum absolute atomic E-state index is 12.9. The maximum atomic E-state index is 12.9. The van der Waals surface area contributed by atoms with E-state index in [9.17, 15) is 9.50 Å². The van der Waals surface area contributed by atoms with Gasteiger partial charge in [0.05, 0.1) is 0 Å². The molecular formula is C10H13FO2. The number of alkyl halides is 1. The summed E-state index contributed by atoms with van der Waals surface area (Å²) in [7, 11) is 0. The third-order valence-corrected chi connectivity index (χ3v) is 1.95. The Kier molecular flexibility index (Phi) is 3.12. The lowest BCUT2D eigenvalue weighted by Crippen LogP contribution is -2.02. The molecule has 3 heteroatoms. The van der Waals surface area contributed by atoms with Crippen LogP contribution in [0.25, 0.3) is 0 Å². The molecule has 0 amide bonds. The summed E-state index contributed by atoms with van der Waals surface area (Å²) in [6, 6.07) is 4.13. The van der Waals surface area contributed by atoms with Crippen molar-refractivity contribution in [1.29, 1.82) is 0 Å². The van der Waals surface area contributed by atoms with Crippen molar-refractivity contribution in [3.8, 4) is 11.5 Å². The van der Waals surface area contributed by atoms with Crippen LogP contribution in [-0.2, 0) is 6.42 Å². The summed E-state index contributed by atoms with van der Waals surface area (Å²) in [5.41, 5.74) is 0.453. The molecule has 0 bridgehead atoms. The standard InChI is InChI=1S/C10H13FO2/c1-2-8(11)5-7-6-9(12)3-4-10(7)13/h3-4,6,8,12-13H,2,5H2,1H3. The Morgan fingerprint density at radius 2 is 2.08 bits per heavy atom. The molecule has 0 radical (unpaired) electrons. The van der Waals surface area contributed by atoms with Gasteiger partial charge in [-0.2, -0.15) is 0 Å². The average Bonchev–Trinajstić information content (AvgIpc) is 2.11. The zero-order valence-electron chi connectivity index (χ0n) is 7.50. The molecule has 2 nitrogen and oxygen atoms in total. The fraction of sp³-hybridized carbons (Fsp3) is 0.400.